The largest absolute Gasteiger partial charge is 0.478 e. The highest BCUT2D eigenvalue weighted by atomic mass is 16.6. The zero-order valence-corrected chi connectivity index (χ0v) is 20.3. The molecule has 3 aromatic carbocycles. The molecule has 2 aliphatic rings. The van der Waals surface area contributed by atoms with Crippen LogP contribution in [0.5, 0.6) is 0 Å². The number of hydrogen-bond donors (Lipinski definition) is 1. The molecule has 0 spiro atoms. The van der Waals surface area contributed by atoms with Crippen LogP contribution >= 0.6 is 0 Å². The fourth-order valence-electron chi connectivity index (χ4n) is 4.99. The molecule has 0 bridgehead atoms. The quantitative estimate of drug-likeness (QED) is 0.455. The summed E-state index contributed by atoms with van der Waals surface area (Å²) in [6.45, 7) is 7.18. The van der Waals surface area contributed by atoms with E-state index in [4.69, 9.17) is 4.84 Å². The second-order valence-electron chi connectivity index (χ2n) is 9.41. The number of hydrogen-bond acceptors (Lipinski definition) is 4. The zero-order chi connectivity index (χ0) is 24.4. The van der Waals surface area contributed by atoms with Gasteiger partial charge in [-0.05, 0) is 97.4 Å². The predicted molar refractivity (Wildman–Crippen MR) is 139 cm³/mol. The van der Waals surface area contributed by atoms with Gasteiger partial charge in [-0.15, -0.1) is 0 Å². The van der Waals surface area contributed by atoms with Gasteiger partial charge in [0.15, 0.2) is 5.76 Å². The second kappa shape index (κ2) is 9.88. The van der Waals surface area contributed by atoms with E-state index < -0.39 is 5.97 Å². The molecule has 2 heterocycles. The highest BCUT2D eigenvalue weighted by Gasteiger charge is 2.19. The number of aryl methyl sites for hydroxylation is 2. The van der Waals surface area contributed by atoms with Gasteiger partial charge >= 0.3 is 5.97 Å². The van der Waals surface area contributed by atoms with Gasteiger partial charge in [-0.3, -0.25) is 4.90 Å². The van der Waals surface area contributed by atoms with E-state index in [1.54, 1.807) is 19.1 Å². The maximum absolute atomic E-state index is 11.3. The third-order valence-electron chi connectivity index (χ3n) is 6.94. The van der Waals surface area contributed by atoms with Crippen molar-refractivity contribution in [3.8, 4) is 11.1 Å². The van der Waals surface area contributed by atoms with Crippen LogP contribution in [0, 0.1) is 13.8 Å². The Balaban J connectivity index is 1.41. The van der Waals surface area contributed by atoms with Crippen molar-refractivity contribution in [3.05, 3.63) is 100 Å². The van der Waals surface area contributed by atoms with Crippen LogP contribution in [0.1, 0.15) is 57.4 Å². The molecule has 0 amide bonds. The number of allylic oxidation sites excluding steroid dienone is 1. The number of likely N-dealkylation sites (tertiary alicyclic amines) is 1. The highest BCUT2D eigenvalue weighted by Crippen LogP contribution is 2.32. The van der Waals surface area contributed by atoms with E-state index in [1.807, 2.05) is 6.07 Å². The van der Waals surface area contributed by atoms with Gasteiger partial charge in [-0.1, -0.05) is 47.6 Å². The summed E-state index contributed by atoms with van der Waals surface area (Å²) in [7, 11) is 0. The summed E-state index contributed by atoms with van der Waals surface area (Å²) in [4.78, 5) is 19.7. The minimum Gasteiger partial charge on any atom is -0.478 e. The van der Waals surface area contributed by atoms with E-state index in [2.05, 4.69) is 65.5 Å². The average Bonchev–Trinajstić information content (AvgIpc) is 3.37. The van der Waals surface area contributed by atoms with Crippen LogP contribution in [-0.4, -0.2) is 34.8 Å². The van der Waals surface area contributed by atoms with E-state index in [9.17, 15) is 9.90 Å². The maximum Gasteiger partial charge on any atom is 0.335 e. The molecule has 5 rings (SSSR count). The summed E-state index contributed by atoms with van der Waals surface area (Å²) < 4.78 is 0. The Morgan fingerprint density at radius 1 is 0.943 bits per heavy atom. The van der Waals surface area contributed by atoms with Crippen molar-refractivity contribution >= 4 is 17.4 Å². The van der Waals surface area contributed by atoms with Crippen molar-refractivity contribution in [1.82, 2.24) is 4.90 Å². The van der Waals surface area contributed by atoms with Gasteiger partial charge in [0.2, 0.25) is 0 Å². The lowest BCUT2D eigenvalue weighted by Crippen LogP contribution is -2.19. The zero-order valence-electron chi connectivity index (χ0n) is 20.3. The Kier molecular flexibility index (Phi) is 6.51. The smallest absolute Gasteiger partial charge is 0.335 e. The summed E-state index contributed by atoms with van der Waals surface area (Å²) in [6, 6.07) is 20.4. The normalized spacial score (nSPS) is 15.9. The predicted octanol–water partition coefficient (Wildman–Crippen LogP) is 6.43. The monoisotopic (exact) mass is 466 g/mol. The molecule has 5 nitrogen and oxygen atoms in total. The molecule has 1 saturated heterocycles. The number of rotatable bonds is 6. The van der Waals surface area contributed by atoms with Crippen LogP contribution < -0.4 is 0 Å². The molecule has 0 radical (unpaired) electrons. The van der Waals surface area contributed by atoms with Gasteiger partial charge in [0.1, 0.15) is 0 Å². The van der Waals surface area contributed by atoms with Crippen molar-refractivity contribution in [2.75, 3.05) is 13.1 Å². The molecule has 178 valence electrons. The second-order valence-corrected chi connectivity index (χ2v) is 9.41. The van der Waals surface area contributed by atoms with Gasteiger partial charge in [0.25, 0.3) is 0 Å². The number of oxime groups is 1. The molecule has 0 aliphatic carbocycles. The summed E-state index contributed by atoms with van der Waals surface area (Å²) >= 11 is 0. The first kappa shape index (κ1) is 23.1. The first-order valence-corrected chi connectivity index (χ1v) is 12.2. The lowest BCUT2D eigenvalue weighted by molar-refractivity contribution is 0.0696. The number of carboxylic acids is 1. The molecule has 0 aromatic heterocycles. The first-order valence-electron chi connectivity index (χ1n) is 12.2. The fraction of sp³-hybridized carbons (Fsp3) is 0.267. The van der Waals surface area contributed by atoms with Gasteiger partial charge in [0.05, 0.1) is 11.3 Å². The number of carboxylic acid groups (broad SMARTS) is 1. The Hall–Kier alpha value is -3.70. The van der Waals surface area contributed by atoms with Gasteiger partial charge in [0, 0.05) is 18.5 Å². The molecular weight excluding hydrogens is 436 g/mol. The van der Waals surface area contributed by atoms with Crippen LogP contribution in [0.4, 0.5) is 0 Å². The topological polar surface area (TPSA) is 62.1 Å². The summed E-state index contributed by atoms with van der Waals surface area (Å²) in [5, 5.41) is 13.7. The first-order chi connectivity index (χ1) is 17.0. The van der Waals surface area contributed by atoms with E-state index in [1.165, 1.54) is 35.1 Å². The molecule has 1 fully saturated rings. The molecule has 0 saturated carbocycles. The van der Waals surface area contributed by atoms with E-state index in [0.29, 0.717) is 17.5 Å². The summed E-state index contributed by atoms with van der Waals surface area (Å²) in [5.74, 6) is -0.163. The Morgan fingerprint density at radius 3 is 2.40 bits per heavy atom. The maximum atomic E-state index is 11.3. The molecule has 0 unspecified atom stereocenters. The van der Waals surface area contributed by atoms with Crippen LogP contribution in [0.15, 0.2) is 71.9 Å². The third kappa shape index (κ3) is 4.91. The molecule has 2 aliphatic heterocycles. The Bertz CT molecular complexity index is 1330. The minimum atomic E-state index is -0.919. The lowest BCUT2D eigenvalue weighted by atomic mass is 9.93. The number of nitrogens with zero attached hydrogens (tertiary/aromatic N) is 2. The van der Waals surface area contributed by atoms with Crippen molar-refractivity contribution in [1.29, 1.82) is 0 Å². The van der Waals surface area contributed by atoms with Crippen LogP contribution in [0.2, 0.25) is 0 Å². The number of carbonyl (C=O) groups is 1. The fourth-order valence-corrected chi connectivity index (χ4v) is 4.99. The molecule has 5 heteroatoms. The van der Waals surface area contributed by atoms with Crippen molar-refractivity contribution in [3.63, 3.8) is 0 Å². The Morgan fingerprint density at radius 2 is 1.71 bits per heavy atom. The van der Waals surface area contributed by atoms with Crippen LogP contribution in [-0.2, 0) is 11.4 Å². The van der Waals surface area contributed by atoms with E-state index in [0.717, 1.165) is 42.2 Å². The molecule has 3 aromatic rings. The van der Waals surface area contributed by atoms with Gasteiger partial charge in [-0.2, -0.15) is 0 Å². The van der Waals surface area contributed by atoms with Crippen LogP contribution in [0.3, 0.4) is 0 Å². The third-order valence-corrected chi connectivity index (χ3v) is 6.94. The van der Waals surface area contributed by atoms with Gasteiger partial charge < -0.3 is 9.94 Å². The van der Waals surface area contributed by atoms with Crippen molar-refractivity contribution in [2.24, 2.45) is 5.16 Å². The van der Waals surface area contributed by atoms with Crippen molar-refractivity contribution in [2.45, 2.75) is 39.7 Å². The number of benzene rings is 3. The van der Waals surface area contributed by atoms with Gasteiger partial charge in [-0.25, -0.2) is 4.79 Å². The standard InChI is InChI=1S/C30H30N2O3/c1-20-7-3-4-8-25(20)27-12-10-23(18-24(27)19-32-15-5-6-16-32)29-14-13-28(31-35-29)22-9-11-26(30(33)34)21(2)17-22/h3-4,7-12,14,17-18H,5-6,13,15-16,19H2,1-2H3,(H,33,34). The number of aromatic carboxylic acids is 1. The Labute approximate surface area is 206 Å². The minimum absolute atomic E-state index is 0.307. The van der Waals surface area contributed by atoms with E-state index in [-0.39, 0.29) is 0 Å². The molecule has 1 N–H and O–H groups in total. The average molecular weight is 467 g/mol. The SMILES string of the molecule is Cc1cc(C2=NOC(c3ccc(-c4ccccc4C)c(CN4CCCC4)c3)=CC2)ccc1C(=O)O. The lowest BCUT2D eigenvalue weighted by Gasteiger charge is -2.20. The molecule has 0 atom stereocenters. The van der Waals surface area contributed by atoms with Crippen LogP contribution in [0.25, 0.3) is 16.9 Å². The van der Waals surface area contributed by atoms with E-state index >= 15 is 0 Å². The summed E-state index contributed by atoms with van der Waals surface area (Å²) in [5.41, 5.74) is 8.84. The molecular formula is C30H30N2O3. The highest BCUT2D eigenvalue weighted by molar-refractivity contribution is 6.03. The molecule has 35 heavy (non-hydrogen) atoms. The van der Waals surface area contributed by atoms with Crippen molar-refractivity contribution < 1.29 is 14.7 Å². The summed E-state index contributed by atoms with van der Waals surface area (Å²) in [6.07, 6.45) is 5.21.